The second kappa shape index (κ2) is 11.5. The topological polar surface area (TPSA) is 94.6 Å². The number of pyridine rings is 1. The number of hydrogen-bond donors (Lipinski definition) is 2. The molecule has 8 nitrogen and oxygen atoms in total. The fraction of sp³-hybridized carbons (Fsp3) is 0.440. The molecule has 1 aromatic carbocycles. The molecule has 2 N–H and O–H groups in total. The molecular formula is C25H28ClF4N5O3. The molecule has 3 atom stereocenters. The summed E-state index contributed by atoms with van der Waals surface area (Å²) < 4.78 is 52.6. The van der Waals surface area contributed by atoms with Gasteiger partial charge in [0.2, 0.25) is 0 Å². The Morgan fingerprint density at radius 1 is 1.13 bits per heavy atom. The van der Waals surface area contributed by atoms with Gasteiger partial charge in [-0.3, -0.25) is 20.0 Å². The number of amides is 4. The maximum atomic E-state index is 13.7. The Hall–Kier alpha value is -3.41. The summed E-state index contributed by atoms with van der Waals surface area (Å²) in [5.74, 6) is -2.54. The third kappa shape index (κ3) is 6.53. The van der Waals surface area contributed by atoms with Gasteiger partial charge in [0.05, 0.1) is 27.9 Å². The van der Waals surface area contributed by atoms with Crippen molar-refractivity contribution < 1.29 is 31.9 Å². The lowest BCUT2D eigenvalue weighted by atomic mass is 10.1. The van der Waals surface area contributed by atoms with Gasteiger partial charge in [-0.15, -0.1) is 0 Å². The van der Waals surface area contributed by atoms with Crippen LogP contribution in [-0.4, -0.2) is 51.4 Å². The Bertz CT molecular complexity index is 1220. The number of carbonyl (C=O) groups is 3. The third-order valence-corrected chi connectivity index (χ3v) is 6.64. The fourth-order valence-corrected chi connectivity index (χ4v) is 4.63. The molecule has 0 radical (unpaired) electrons. The van der Waals surface area contributed by atoms with Gasteiger partial charge in [0.15, 0.2) is 0 Å². The minimum atomic E-state index is -4.86. The first kappa shape index (κ1) is 29.2. The highest BCUT2D eigenvalue weighted by atomic mass is 35.5. The molecule has 1 aliphatic rings. The number of rotatable bonds is 5. The maximum absolute atomic E-state index is 13.7. The first-order valence-electron chi connectivity index (χ1n) is 12.0. The number of likely N-dealkylation sites (tertiary alicyclic amines) is 1. The Balaban J connectivity index is 1.69. The second-order valence-electron chi connectivity index (χ2n) is 9.16. The molecule has 2 heterocycles. The van der Waals surface area contributed by atoms with Crippen LogP contribution in [0.2, 0.25) is 5.02 Å². The van der Waals surface area contributed by atoms with E-state index in [-0.39, 0.29) is 41.3 Å². The van der Waals surface area contributed by atoms with Gasteiger partial charge in [-0.2, -0.15) is 13.2 Å². The van der Waals surface area contributed by atoms with Crippen molar-refractivity contribution in [3.63, 3.8) is 0 Å². The van der Waals surface area contributed by atoms with Gasteiger partial charge in [0.25, 0.3) is 11.8 Å². The average Bonchev–Trinajstić information content (AvgIpc) is 3.18. The zero-order valence-electron chi connectivity index (χ0n) is 21.2. The van der Waals surface area contributed by atoms with E-state index in [0.717, 1.165) is 17.9 Å². The predicted molar refractivity (Wildman–Crippen MR) is 132 cm³/mol. The van der Waals surface area contributed by atoms with Crippen molar-refractivity contribution >= 4 is 29.4 Å². The molecule has 1 aromatic heterocycles. The van der Waals surface area contributed by atoms with Crippen molar-refractivity contribution in [3.8, 4) is 0 Å². The van der Waals surface area contributed by atoms with Crippen molar-refractivity contribution in [2.24, 2.45) is 0 Å². The Morgan fingerprint density at radius 3 is 2.32 bits per heavy atom. The van der Waals surface area contributed by atoms with Crippen molar-refractivity contribution in [1.29, 1.82) is 0 Å². The number of urea groups is 1. The molecule has 0 aliphatic carbocycles. The summed E-state index contributed by atoms with van der Waals surface area (Å²) in [7, 11) is 0. The predicted octanol–water partition coefficient (Wildman–Crippen LogP) is 5.34. The number of hydrogen-bond acceptors (Lipinski definition) is 4. The van der Waals surface area contributed by atoms with Gasteiger partial charge in [-0.1, -0.05) is 11.6 Å². The monoisotopic (exact) mass is 557 g/mol. The van der Waals surface area contributed by atoms with Gasteiger partial charge in [0.1, 0.15) is 5.82 Å². The number of alkyl halides is 3. The molecule has 0 unspecified atom stereocenters. The van der Waals surface area contributed by atoms with E-state index in [4.69, 9.17) is 11.6 Å². The van der Waals surface area contributed by atoms with Gasteiger partial charge >= 0.3 is 12.2 Å². The van der Waals surface area contributed by atoms with E-state index >= 15 is 0 Å². The molecule has 2 aromatic rings. The van der Waals surface area contributed by atoms with Gasteiger partial charge in [-0.05, 0) is 64.8 Å². The van der Waals surface area contributed by atoms with Crippen LogP contribution >= 0.6 is 11.6 Å². The van der Waals surface area contributed by atoms with Crippen LogP contribution in [0.5, 0.6) is 0 Å². The smallest absolute Gasteiger partial charge is 0.333 e. The van der Waals surface area contributed by atoms with E-state index in [1.54, 1.807) is 11.8 Å². The molecule has 0 bridgehead atoms. The van der Waals surface area contributed by atoms with Gasteiger partial charge in [0, 0.05) is 30.4 Å². The van der Waals surface area contributed by atoms with Crippen LogP contribution in [0.3, 0.4) is 0 Å². The number of carbonyl (C=O) groups excluding carboxylic acids is 3. The van der Waals surface area contributed by atoms with E-state index in [1.807, 2.05) is 13.8 Å². The zero-order chi connectivity index (χ0) is 28.4. The van der Waals surface area contributed by atoms with Crippen LogP contribution in [0.4, 0.5) is 22.4 Å². The fourth-order valence-electron chi connectivity index (χ4n) is 4.30. The van der Waals surface area contributed by atoms with Crippen LogP contribution in [0, 0.1) is 5.82 Å². The number of halogens is 5. The number of aromatic nitrogens is 1. The molecule has 38 heavy (non-hydrogen) atoms. The van der Waals surface area contributed by atoms with Crippen LogP contribution in [0.15, 0.2) is 30.5 Å². The van der Waals surface area contributed by atoms with Crippen LogP contribution in [0.25, 0.3) is 0 Å². The molecule has 1 aliphatic heterocycles. The van der Waals surface area contributed by atoms with E-state index in [9.17, 15) is 31.9 Å². The first-order valence-corrected chi connectivity index (χ1v) is 12.4. The number of nitrogens with one attached hydrogen (secondary N) is 2. The van der Waals surface area contributed by atoms with E-state index in [0.29, 0.717) is 17.7 Å². The Morgan fingerprint density at radius 2 is 1.76 bits per heavy atom. The van der Waals surface area contributed by atoms with E-state index < -0.39 is 41.1 Å². The van der Waals surface area contributed by atoms with Gasteiger partial charge in [-0.25, -0.2) is 14.2 Å². The highest BCUT2D eigenvalue weighted by Gasteiger charge is 2.33. The summed E-state index contributed by atoms with van der Waals surface area (Å²) in [5, 5.41) is 3.55. The van der Waals surface area contributed by atoms with E-state index in [1.165, 1.54) is 19.2 Å². The highest BCUT2D eigenvalue weighted by Crippen LogP contribution is 2.31. The molecule has 0 saturated carbocycles. The van der Waals surface area contributed by atoms with Crippen molar-refractivity contribution in [3.05, 3.63) is 63.7 Å². The first-order chi connectivity index (χ1) is 17.7. The molecule has 1 saturated heterocycles. The normalized spacial score (nSPS) is 18.2. The summed E-state index contributed by atoms with van der Waals surface area (Å²) >= 11 is 6.38. The second-order valence-corrected chi connectivity index (χ2v) is 9.57. The van der Waals surface area contributed by atoms with Crippen LogP contribution in [0.1, 0.15) is 78.6 Å². The van der Waals surface area contributed by atoms with Crippen LogP contribution < -0.4 is 10.7 Å². The molecule has 13 heteroatoms. The van der Waals surface area contributed by atoms with Crippen molar-refractivity contribution in [2.45, 2.75) is 64.8 Å². The summed E-state index contributed by atoms with van der Waals surface area (Å²) in [4.78, 5) is 44.2. The van der Waals surface area contributed by atoms with Gasteiger partial charge < -0.3 is 10.2 Å². The lowest BCUT2D eigenvalue weighted by Gasteiger charge is -2.27. The number of benzene rings is 1. The number of nitrogens with zero attached hydrogens (tertiary/aromatic N) is 3. The molecular weight excluding hydrogens is 530 g/mol. The molecule has 0 spiro atoms. The zero-order valence-corrected chi connectivity index (χ0v) is 22.0. The Kier molecular flexibility index (Phi) is 8.86. The average molecular weight is 558 g/mol. The number of hydrazine groups is 1. The molecule has 3 rings (SSSR count). The minimum absolute atomic E-state index is 0.0630. The SMILES string of the molecule is CCN(NC(=O)c1cc(F)cc(C(F)(F)F)c1)C(=O)N[C@H](C)c1ncc(C(=O)N2[C@H](C)CC[C@@H]2C)cc1Cl. The van der Waals surface area contributed by atoms with Crippen molar-refractivity contribution in [1.82, 2.24) is 25.6 Å². The lowest BCUT2D eigenvalue weighted by Crippen LogP contribution is -2.51. The largest absolute Gasteiger partial charge is 0.416 e. The lowest BCUT2D eigenvalue weighted by molar-refractivity contribution is -0.137. The summed E-state index contributed by atoms with van der Waals surface area (Å²) in [6.45, 7) is 6.99. The molecule has 4 amide bonds. The van der Waals surface area contributed by atoms with Crippen molar-refractivity contribution in [2.75, 3.05) is 6.54 Å². The standard InChI is InChI=1S/C25H28ClF4N5O3/c1-5-34(33-22(36)16-8-18(25(28,29)30)11-19(27)9-16)24(38)32-15(4)21-20(26)10-17(12-31-21)23(37)35-13(2)6-7-14(35)3/h8-15H,5-7H2,1-4H3,(H,32,38)(H,33,36)/t13-,14+,15-/m1/s1. The Labute approximate surface area is 222 Å². The molecule has 1 fully saturated rings. The summed E-state index contributed by atoms with van der Waals surface area (Å²) in [5.41, 5.74) is 0.806. The third-order valence-electron chi connectivity index (χ3n) is 6.34. The van der Waals surface area contributed by atoms with Crippen LogP contribution in [-0.2, 0) is 6.18 Å². The maximum Gasteiger partial charge on any atom is 0.416 e. The highest BCUT2D eigenvalue weighted by molar-refractivity contribution is 6.31. The minimum Gasteiger partial charge on any atom is -0.333 e. The quantitative estimate of drug-likeness (QED) is 0.383. The molecule has 206 valence electrons. The summed E-state index contributed by atoms with van der Waals surface area (Å²) in [6, 6.07) is 1.49. The summed E-state index contributed by atoms with van der Waals surface area (Å²) in [6.07, 6.45) is -1.66. The van der Waals surface area contributed by atoms with E-state index in [2.05, 4.69) is 15.7 Å².